The van der Waals surface area contributed by atoms with E-state index in [9.17, 15) is 9.59 Å². The Morgan fingerprint density at radius 2 is 1.77 bits per heavy atom. The zero-order chi connectivity index (χ0) is 24.6. The van der Waals surface area contributed by atoms with Crippen LogP contribution in [0.4, 0.5) is 5.69 Å². The predicted octanol–water partition coefficient (Wildman–Crippen LogP) is 5.36. The van der Waals surface area contributed by atoms with Crippen molar-refractivity contribution in [3.63, 3.8) is 0 Å². The summed E-state index contributed by atoms with van der Waals surface area (Å²) in [7, 11) is 0. The van der Waals surface area contributed by atoms with Crippen molar-refractivity contribution in [1.29, 1.82) is 0 Å². The third-order valence-corrected chi connectivity index (χ3v) is 7.62. The molecule has 1 saturated carbocycles. The first-order valence-corrected chi connectivity index (χ1v) is 12.5. The van der Waals surface area contributed by atoms with Crippen LogP contribution in [0.15, 0.2) is 67.0 Å². The second-order valence-corrected chi connectivity index (χ2v) is 10.1. The maximum Gasteiger partial charge on any atom is 0.255 e. The number of likely N-dealkylation sites (tertiary alicyclic amines) is 1. The van der Waals surface area contributed by atoms with Gasteiger partial charge in [0.05, 0.1) is 17.5 Å². The topological polar surface area (TPSA) is 88.3 Å². The minimum absolute atomic E-state index is 0.0908. The summed E-state index contributed by atoms with van der Waals surface area (Å²) in [5.74, 6) is -0.113. The first-order valence-electron chi connectivity index (χ1n) is 11.7. The molecule has 1 aliphatic carbocycles. The highest BCUT2D eigenvalue weighted by Gasteiger charge is 2.55. The first-order chi connectivity index (χ1) is 16.9. The molecule has 35 heavy (non-hydrogen) atoms. The lowest BCUT2D eigenvalue weighted by atomic mass is 9.92. The number of hydrogen-bond acceptors (Lipinski definition) is 4. The van der Waals surface area contributed by atoms with Crippen LogP contribution in [0, 0.1) is 0 Å². The van der Waals surface area contributed by atoms with Gasteiger partial charge in [0.2, 0.25) is 5.91 Å². The standard InChI is InChI=1S/C27H26Cl2N4O2/c28-19-7-8-21(22(29)16-19)27(11-12-27)26(35)33-15-1-2-23(33)24(30)17-3-5-18(6-4-17)25(34)32-20-9-13-31-14-10-20/h3-10,13-14,16,23-24H,1-2,11-12,15,30H2,(H,31,32,34). The van der Waals surface area contributed by atoms with Crippen LogP contribution in [-0.2, 0) is 10.2 Å². The summed E-state index contributed by atoms with van der Waals surface area (Å²) in [5.41, 5.74) is 9.05. The molecule has 0 radical (unpaired) electrons. The number of carbonyl (C=O) groups excluding carboxylic acids is 2. The van der Waals surface area contributed by atoms with Crippen LogP contribution in [0.25, 0.3) is 0 Å². The van der Waals surface area contributed by atoms with Gasteiger partial charge in [0, 0.05) is 40.2 Å². The largest absolute Gasteiger partial charge is 0.337 e. The van der Waals surface area contributed by atoms with Crippen molar-refractivity contribution >= 4 is 40.7 Å². The molecule has 2 amide bonds. The first kappa shape index (κ1) is 23.8. The molecular weight excluding hydrogens is 483 g/mol. The monoisotopic (exact) mass is 508 g/mol. The minimum Gasteiger partial charge on any atom is -0.337 e. The second-order valence-electron chi connectivity index (χ2n) is 9.25. The second kappa shape index (κ2) is 9.61. The summed E-state index contributed by atoms with van der Waals surface area (Å²) in [6, 6.07) is 15.6. The summed E-state index contributed by atoms with van der Waals surface area (Å²) in [4.78, 5) is 32.2. The van der Waals surface area contributed by atoms with Crippen molar-refractivity contribution in [3.8, 4) is 0 Å². The van der Waals surface area contributed by atoms with E-state index in [-0.39, 0.29) is 23.9 Å². The number of nitrogens with two attached hydrogens (primary N) is 1. The fourth-order valence-corrected chi connectivity index (χ4v) is 5.60. The molecule has 3 N–H and O–H groups in total. The SMILES string of the molecule is NC(c1ccc(C(=O)Nc2ccncc2)cc1)C1CCCN1C(=O)C1(c2ccc(Cl)cc2Cl)CC1. The van der Waals surface area contributed by atoms with E-state index >= 15 is 0 Å². The van der Waals surface area contributed by atoms with Gasteiger partial charge in [-0.3, -0.25) is 14.6 Å². The van der Waals surface area contributed by atoms with Gasteiger partial charge in [-0.2, -0.15) is 0 Å². The average Bonchev–Trinajstić information content (AvgIpc) is 3.52. The summed E-state index contributed by atoms with van der Waals surface area (Å²) in [5, 5.41) is 3.94. The van der Waals surface area contributed by atoms with Crippen molar-refractivity contribution in [2.45, 2.75) is 43.2 Å². The van der Waals surface area contributed by atoms with Crippen molar-refractivity contribution < 1.29 is 9.59 Å². The molecule has 2 atom stereocenters. The normalized spacial score (nSPS) is 19.3. The number of pyridine rings is 1. The maximum atomic E-state index is 13.8. The molecule has 1 aromatic heterocycles. The van der Waals surface area contributed by atoms with Crippen molar-refractivity contribution in [3.05, 3.63) is 93.7 Å². The maximum absolute atomic E-state index is 13.8. The molecule has 6 nitrogen and oxygen atoms in total. The molecule has 1 saturated heterocycles. The highest BCUT2D eigenvalue weighted by Crippen LogP contribution is 2.53. The third-order valence-electron chi connectivity index (χ3n) is 7.08. The number of carbonyl (C=O) groups is 2. The number of nitrogens with one attached hydrogen (secondary N) is 1. The molecule has 5 rings (SSSR count). The Hall–Kier alpha value is -2.93. The van der Waals surface area contributed by atoms with Gasteiger partial charge in [-0.1, -0.05) is 41.4 Å². The predicted molar refractivity (Wildman–Crippen MR) is 138 cm³/mol. The van der Waals surface area contributed by atoms with Crippen LogP contribution >= 0.6 is 23.2 Å². The zero-order valence-corrected chi connectivity index (χ0v) is 20.6. The molecule has 2 fully saturated rings. The van der Waals surface area contributed by atoms with Gasteiger partial charge in [-0.05, 0) is 73.2 Å². The van der Waals surface area contributed by atoms with Gasteiger partial charge in [-0.25, -0.2) is 0 Å². The Kier molecular flexibility index (Phi) is 6.53. The van der Waals surface area contributed by atoms with E-state index in [0.717, 1.165) is 36.8 Å². The van der Waals surface area contributed by atoms with E-state index in [4.69, 9.17) is 28.9 Å². The van der Waals surface area contributed by atoms with Gasteiger partial charge >= 0.3 is 0 Å². The van der Waals surface area contributed by atoms with E-state index in [1.165, 1.54) is 0 Å². The third kappa shape index (κ3) is 4.66. The van der Waals surface area contributed by atoms with Gasteiger partial charge in [0.1, 0.15) is 0 Å². The number of hydrogen-bond donors (Lipinski definition) is 2. The average molecular weight is 509 g/mol. The molecule has 2 aliphatic rings. The fourth-order valence-electron chi connectivity index (χ4n) is 5.01. The summed E-state index contributed by atoms with van der Waals surface area (Å²) in [6.45, 7) is 0.677. The molecule has 2 aromatic carbocycles. The number of benzene rings is 2. The molecule has 180 valence electrons. The van der Waals surface area contributed by atoms with Crippen LogP contribution in [0.2, 0.25) is 10.0 Å². The van der Waals surface area contributed by atoms with Crippen LogP contribution in [-0.4, -0.2) is 34.3 Å². The molecule has 0 spiro atoms. The molecule has 2 unspecified atom stereocenters. The number of anilines is 1. The van der Waals surface area contributed by atoms with Gasteiger partial charge in [0.25, 0.3) is 5.91 Å². The Labute approximate surface area is 214 Å². The smallest absolute Gasteiger partial charge is 0.255 e. The number of rotatable bonds is 6. The lowest BCUT2D eigenvalue weighted by molar-refractivity contribution is -0.135. The van der Waals surface area contributed by atoms with Crippen molar-refractivity contribution in [1.82, 2.24) is 9.88 Å². The van der Waals surface area contributed by atoms with Crippen LogP contribution < -0.4 is 11.1 Å². The van der Waals surface area contributed by atoms with Crippen LogP contribution in [0.5, 0.6) is 0 Å². The molecule has 2 heterocycles. The molecule has 0 bridgehead atoms. The number of nitrogens with zero attached hydrogens (tertiary/aromatic N) is 2. The number of amides is 2. The Bertz CT molecular complexity index is 1250. The van der Waals surface area contributed by atoms with E-state index in [1.807, 2.05) is 23.1 Å². The molecule has 1 aliphatic heterocycles. The molecular formula is C27H26Cl2N4O2. The van der Waals surface area contributed by atoms with Crippen LogP contribution in [0.3, 0.4) is 0 Å². The van der Waals surface area contributed by atoms with Crippen molar-refractivity contribution in [2.75, 3.05) is 11.9 Å². The van der Waals surface area contributed by atoms with Crippen LogP contribution in [0.1, 0.15) is 53.2 Å². The van der Waals surface area contributed by atoms with E-state index in [0.29, 0.717) is 27.8 Å². The van der Waals surface area contributed by atoms with Gasteiger partial charge in [-0.15, -0.1) is 0 Å². The van der Waals surface area contributed by atoms with Crippen molar-refractivity contribution in [2.24, 2.45) is 5.73 Å². The lowest BCUT2D eigenvalue weighted by Gasteiger charge is -2.33. The Balaban J connectivity index is 1.31. The Morgan fingerprint density at radius 1 is 1.06 bits per heavy atom. The highest BCUT2D eigenvalue weighted by atomic mass is 35.5. The fraction of sp³-hybridized carbons (Fsp3) is 0.296. The number of halogens is 2. The zero-order valence-electron chi connectivity index (χ0n) is 19.1. The highest BCUT2D eigenvalue weighted by molar-refractivity contribution is 6.35. The number of aromatic nitrogens is 1. The van der Waals surface area contributed by atoms with Gasteiger partial charge < -0.3 is 16.0 Å². The summed E-state index contributed by atoms with van der Waals surface area (Å²) >= 11 is 12.5. The summed E-state index contributed by atoms with van der Waals surface area (Å²) in [6.07, 6.45) is 6.53. The molecule has 8 heteroatoms. The van der Waals surface area contributed by atoms with E-state index < -0.39 is 5.41 Å². The van der Waals surface area contributed by atoms with E-state index in [1.54, 1.807) is 48.8 Å². The summed E-state index contributed by atoms with van der Waals surface area (Å²) < 4.78 is 0. The lowest BCUT2D eigenvalue weighted by Crippen LogP contribution is -2.46. The quantitative estimate of drug-likeness (QED) is 0.468. The minimum atomic E-state index is -0.584. The Morgan fingerprint density at radius 3 is 2.43 bits per heavy atom. The molecule has 3 aromatic rings. The van der Waals surface area contributed by atoms with E-state index in [2.05, 4.69) is 10.3 Å². The van der Waals surface area contributed by atoms with Gasteiger partial charge in [0.15, 0.2) is 0 Å².